The predicted octanol–water partition coefficient (Wildman–Crippen LogP) is 0.314. The average Bonchev–Trinajstić information content (AvgIpc) is 2.70. The summed E-state index contributed by atoms with van der Waals surface area (Å²) in [6.45, 7) is 0.0334. The van der Waals surface area contributed by atoms with Gasteiger partial charge in [-0.2, -0.15) is 0 Å². The summed E-state index contributed by atoms with van der Waals surface area (Å²) in [6, 6.07) is -0.111. The first-order chi connectivity index (χ1) is 7.10. The number of aliphatic hydroxyl groups excluding tert-OH is 1. The first-order valence-electron chi connectivity index (χ1n) is 5.60. The second-order valence-corrected chi connectivity index (χ2v) is 6.56. The van der Waals surface area contributed by atoms with Crippen molar-refractivity contribution in [3.63, 3.8) is 0 Å². The number of rotatable bonds is 6. The third-order valence-corrected chi connectivity index (χ3v) is 5.48. The Kier molecular flexibility index (Phi) is 5.02. The maximum absolute atomic E-state index is 12.0. The molecule has 0 aromatic carbocycles. The highest BCUT2D eigenvalue weighted by Gasteiger charge is 2.30. The number of hydrogen-bond donors (Lipinski definition) is 2. The lowest BCUT2D eigenvalue weighted by molar-refractivity contribution is 0.272. The molecular weight excluding hydrogens is 214 g/mol. The van der Waals surface area contributed by atoms with Gasteiger partial charge in [0.1, 0.15) is 0 Å². The maximum Gasteiger partial charge on any atom is 0.154 e. The molecule has 1 unspecified atom stereocenters. The Labute approximate surface area is 92.0 Å². The molecule has 0 radical (unpaired) electrons. The molecule has 15 heavy (non-hydrogen) atoms. The van der Waals surface area contributed by atoms with E-state index in [1.807, 2.05) is 0 Å². The molecule has 1 aliphatic carbocycles. The summed E-state index contributed by atoms with van der Waals surface area (Å²) in [5, 5.41) is 11.6. The van der Waals surface area contributed by atoms with Gasteiger partial charge in [-0.25, -0.2) is 8.42 Å². The molecule has 0 aromatic rings. The molecule has 1 saturated carbocycles. The van der Waals surface area contributed by atoms with Gasteiger partial charge in [-0.05, 0) is 26.3 Å². The van der Waals surface area contributed by atoms with Crippen molar-refractivity contribution in [3.05, 3.63) is 0 Å². The molecule has 0 bridgehead atoms. The molecule has 4 nitrogen and oxygen atoms in total. The highest BCUT2D eigenvalue weighted by atomic mass is 32.2. The molecule has 0 saturated heterocycles. The second kappa shape index (κ2) is 5.82. The molecule has 1 atom stereocenters. The van der Waals surface area contributed by atoms with Gasteiger partial charge in [-0.1, -0.05) is 12.8 Å². The Balaban J connectivity index is 2.53. The molecule has 0 amide bonds. The van der Waals surface area contributed by atoms with Gasteiger partial charge in [-0.15, -0.1) is 0 Å². The topological polar surface area (TPSA) is 66.4 Å². The molecule has 1 rings (SSSR count). The highest BCUT2D eigenvalue weighted by Crippen LogP contribution is 2.25. The Morgan fingerprint density at radius 3 is 2.47 bits per heavy atom. The Morgan fingerprint density at radius 1 is 1.40 bits per heavy atom. The van der Waals surface area contributed by atoms with Gasteiger partial charge in [0, 0.05) is 12.6 Å². The fourth-order valence-electron chi connectivity index (χ4n) is 2.13. The molecule has 90 valence electrons. The summed E-state index contributed by atoms with van der Waals surface area (Å²) in [5.74, 6) is 0.161. The van der Waals surface area contributed by atoms with Crippen molar-refractivity contribution in [2.24, 2.45) is 0 Å². The van der Waals surface area contributed by atoms with Crippen LogP contribution in [-0.2, 0) is 9.84 Å². The molecule has 0 spiro atoms. The van der Waals surface area contributed by atoms with E-state index in [1.165, 1.54) is 0 Å². The van der Waals surface area contributed by atoms with Crippen LogP contribution >= 0.6 is 0 Å². The average molecular weight is 235 g/mol. The van der Waals surface area contributed by atoms with Crippen LogP contribution in [-0.4, -0.2) is 44.2 Å². The Morgan fingerprint density at radius 2 is 2.00 bits per heavy atom. The largest absolute Gasteiger partial charge is 0.396 e. The normalized spacial score (nSPS) is 20.7. The highest BCUT2D eigenvalue weighted by molar-refractivity contribution is 7.92. The van der Waals surface area contributed by atoms with Gasteiger partial charge in [-0.3, -0.25) is 0 Å². The monoisotopic (exact) mass is 235 g/mol. The minimum absolute atomic E-state index is 0.0334. The molecule has 0 aromatic heterocycles. The summed E-state index contributed by atoms with van der Waals surface area (Å²) in [5.41, 5.74) is 0. The van der Waals surface area contributed by atoms with Crippen molar-refractivity contribution in [3.8, 4) is 0 Å². The smallest absolute Gasteiger partial charge is 0.154 e. The number of sulfone groups is 1. The number of aliphatic hydroxyl groups is 1. The zero-order valence-electron chi connectivity index (χ0n) is 9.28. The summed E-state index contributed by atoms with van der Waals surface area (Å²) in [7, 11) is -1.23. The van der Waals surface area contributed by atoms with Crippen LogP contribution < -0.4 is 5.32 Å². The van der Waals surface area contributed by atoms with E-state index in [1.54, 1.807) is 7.05 Å². The minimum Gasteiger partial charge on any atom is -0.396 e. The quantitative estimate of drug-likeness (QED) is 0.695. The van der Waals surface area contributed by atoms with E-state index in [-0.39, 0.29) is 23.7 Å². The molecule has 1 aliphatic rings. The summed E-state index contributed by atoms with van der Waals surface area (Å²) >= 11 is 0. The first-order valence-corrected chi connectivity index (χ1v) is 7.31. The molecule has 1 fully saturated rings. The van der Waals surface area contributed by atoms with Crippen molar-refractivity contribution in [2.45, 2.75) is 43.4 Å². The standard InChI is InChI=1S/C10H21NO3S/c1-11-9(6-7-12)8-15(13,14)10-4-2-3-5-10/h9-12H,2-8H2,1H3. The summed E-state index contributed by atoms with van der Waals surface area (Å²) in [6.07, 6.45) is 4.21. The molecule has 5 heteroatoms. The van der Waals surface area contributed by atoms with Gasteiger partial charge in [0.2, 0.25) is 0 Å². The van der Waals surface area contributed by atoms with Crippen molar-refractivity contribution in [1.82, 2.24) is 5.32 Å². The van der Waals surface area contributed by atoms with Crippen molar-refractivity contribution >= 4 is 9.84 Å². The van der Waals surface area contributed by atoms with Crippen LogP contribution in [0.15, 0.2) is 0 Å². The predicted molar refractivity (Wildman–Crippen MR) is 60.6 cm³/mol. The van der Waals surface area contributed by atoms with Gasteiger partial charge in [0.15, 0.2) is 9.84 Å². The van der Waals surface area contributed by atoms with E-state index >= 15 is 0 Å². The van der Waals surface area contributed by atoms with E-state index in [4.69, 9.17) is 5.11 Å². The Hall–Kier alpha value is -0.130. The summed E-state index contributed by atoms with van der Waals surface area (Å²) in [4.78, 5) is 0. The van der Waals surface area contributed by atoms with Crippen molar-refractivity contribution in [1.29, 1.82) is 0 Å². The van der Waals surface area contributed by atoms with Crippen LogP contribution in [0.1, 0.15) is 32.1 Å². The van der Waals surface area contributed by atoms with Gasteiger partial charge in [0.05, 0.1) is 11.0 Å². The number of nitrogens with one attached hydrogen (secondary N) is 1. The van der Waals surface area contributed by atoms with Crippen LogP contribution in [0, 0.1) is 0 Å². The fourth-order valence-corrected chi connectivity index (χ4v) is 4.35. The molecule has 2 N–H and O–H groups in total. The fraction of sp³-hybridized carbons (Fsp3) is 1.00. The zero-order chi connectivity index (χ0) is 11.3. The van der Waals surface area contributed by atoms with Crippen LogP contribution in [0.25, 0.3) is 0 Å². The van der Waals surface area contributed by atoms with E-state index in [0.29, 0.717) is 6.42 Å². The van der Waals surface area contributed by atoms with E-state index in [2.05, 4.69) is 5.32 Å². The second-order valence-electron chi connectivity index (χ2n) is 4.23. The van der Waals surface area contributed by atoms with Gasteiger partial charge < -0.3 is 10.4 Å². The van der Waals surface area contributed by atoms with Gasteiger partial charge >= 0.3 is 0 Å². The van der Waals surface area contributed by atoms with Gasteiger partial charge in [0.25, 0.3) is 0 Å². The SMILES string of the molecule is CNC(CCO)CS(=O)(=O)C1CCCC1. The third-order valence-electron chi connectivity index (χ3n) is 3.13. The van der Waals surface area contributed by atoms with Crippen LogP contribution in [0.2, 0.25) is 0 Å². The first kappa shape index (κ1) is 12.9. The van der Waals surface area contributed by atoms with Crippen molar-refractivity contribution < 1.29 is 13.5 Å². The molecular formula is C10H21NO3S. The number of hydrogen-bond acceptors (Lipinski definition) is 4. The lowest BCUT2D eigenvalue weighted by atomic mass is 10.2. The third kappa shape index (κ3) is 3.74. The molecule has 0 aliphatic heterocycles. The minimum atomic E-state index is -2.97. The van der Waals surface area contributed by atoms with E-state index in [9.17, 15) is 8.42 Å². The maximum atomic E-state index is 12.0. The summed E-state index contributed by atoms with van der Waals surface area (Å²) < 4.78 is 23.9. The van der Waals surface area contributed by atoms with E-state index in [0.717, 1.165) is 25.7 Å². The van der Waals surface area contributed by atoms with Crippen molar-refractivity contribution in [2.75, 3.05) is 19.4 Å². The zero-order valence-corrected chi connectivity index (χ0v) is 10.1. The van der Waals surface area contributed by atoms with Crippen LogP contribution in [0.5, 0.6) is 0 Å². The molecule has 0 heterocycles. The van der Waals surface area contributed by atoms with E-state index < -0.39 is 9.84 Å². The lowest BCUT2D eigenvalue weighted by Crippen LogP contribution is -2.37. The van der Waals surface area contributed by atoms with Crippen LogP contribution in [0.4, 0.5) is 0 Å². The Bertz CT molecular complexity index is 270. The lowest BCUT2D eigenvalue weighted by Gasteiger charge is -2.18. The van der Waals surface area contributed by atoms with Crippen LogP contribution in [0.3, 0.4) is 0 Å².